The number of nitrogens with zero attached hydrogens (tertiary/aromatic N) is 2. The van der Waals surface area contributed by atoms with E-state index in [9.17, 15) is 22.4 Å². The highest BCUT2D eigenvalue weighted by atomic mass is 19.4. The number of amides is 1. The fraction of sp³-hybridized carbons (Fsp3) is 0.143. The summed E-state index contributed by atoms with van der Waals surface area (Å²) in [5.41, 5.74) is 1.94. The lowest BCUT2D eigenvalue weighted by Gasteiger charge is -2.08. The van der Waals surface area contributed by atoms with Crippen LogP contribution in [-0.4, -0.2) is 15.7 Å². The summed E-state index contributed by atoms with van der Waals surface area (Å²) < 4.78 is 53.1. The summed E-state index contributed by atoms with van der Waals surface area (Å²) in [6.07, 6.45) is -1.72. The van der Waals surface area contributed by atoms with Crippen LogP contribution in [0.4, 0.5) is 23.2 Å². The van der Waals surface area contributed by atoms with Crippen molar-refractivity contribution in [3.63, 3.8) is 0 Å². The van der Waals surface area contributed by atoms with Gasteiger partial charge in [0.2, 0.25) is 5.91 Å². The smallest absolute Gasteiger partial charge is 0.322 e. The standard InChI is InChI=1S/C21H17F4N3O/c1-13-19(14(2)28(27-13)18-8-6-16(22)7-9-18)10-11-20(29)26-17-5-3-4-15(12-17)21(23,24)25/h3-12H,1-2H3,(H,26,29)/b11-10+. The van der Waals surface area contributed by atoms with Crippen LogP contribution in [0.5, 0.6) is 0 Å². The van der Waals surface area contributed by atoms with Crippen LogP contribution in [0.1, 0.15) is 22.5 Å². The van der Waals surface area contributed by atoms with Crippen molar-refractivity contribution < 1.29 is 22.4 Å². The number of rotatable bonds is 4. The quantitative estimate of drug-likeness (QED) is 0.475. The van der Waals surface area contributed by atoms with E-state index >= 15 is 0 Å². The van der Waals surface area contributed by atoms with Gasteiger partial charge in [-0.2, -0.15) is 18.3 Å². The summed E-state index contributed by atoms with van der Waals surface area (Å²) in [5.74, 6) is -0.931. The molecule has 4 nitrogen and oxygen atoms in total. The van der Waals surface area contributed by atoms with E-state index in [2.05, 4.69) is 10.4 Å². The maximum atomic E-state index is 13.1. The molecular formula is C21H17F4N3O. The summed E-state index contributed by atoms with van der Waals surface area (Å²) in [6.45, 7) is 3.56. The monoisotopic (exact) mass is 403 g/mol. The Kier molecular flexibility index (Phi) is 5.54. The second-order valence-electron chi connectivity index (χ2n) is 6.37. The van der Waals surface area contributed by atoms with Crippen molar-refractivity contribution in [3.8, 4) is 5.69 Å². The van der Waals surface area contributed by atoms with E-state index in [1.165, 1.54) is 30.3 Å². The lowest BCUT2D eigenvalue weighted by molar-refractivity contribution is -0.137. The van der Waals surface area contributed by atoms with Crippen molar-refractivity contribution in [2.75, 3.05) is 5.32 Å². The van der Waals surface area contributed by atoms with Gasteiger partial charge in [0.15, 0.2) is 0 Å². The van der Waals surface area contributed by atoms with Gasteiger partial charge in [-0.3, -0.25) is 4.79 Å². The van der Waals surface area contributed by atoms with Gasteiger partial charge in [-0.1, -0.05) is 6.07 Å². The third-order valence-electron chi connectivity index (χ3n) is 4.28. The Morgan fingerprint density at radius 3 is 2.45 bits per heavy atom. The number of carbonyl (C=O) groups is 1. The highest BCUT2D eigenvalue weighted by Crippen LogP contribution is 2.30. The van der Waals surface area contributed by atoms with Gasteiger partial charge in [-0.25, -0.2) is 9.07 Å². The normalized spacial score (nSPS) is 11.8. The molecule has 0 aliphatic heterocycles. The van der Waals surface area contributed by atoms with Crippen molar-refractivity contribution >= 4 is 17.7 Å². The number of hydrogen-bond donors (Lipinski definition) is 1. The number of aryl methyl sites for hydroxylation is 1. The molecular weight excluding hydrogens is 386 g/mol. The Labute approximate surface area is 164 Å². The number of aromatic nitrogens is 2. The van der Waals surface area contributed by atoms with Gasteiger partial charge in [0.05, 0.1) is 16.9 Å². The zero-order chi connectivity index (χ0) is 21.2. The van der Waals surface area contributed by atoms with Crippen molar-refractivity contribution in [1.82, 2.24) is 9.78 Å². The van der Waals surface area contributed by atoms with Crippen molar-refractivity contribution in [1.29, 1.82) is 0 Å². The molecule has 1 heterocycles. The first kappa shape index (κ1) is 20.3. The molecule has 0 atom stereocenters. The largest absolute Gasteiger partial charge is 0.416 e. The fourth-order valence-electron chi connectivity index (χ4n) is 2.85. The van der Waals surface area contributed by atoms with Crippen LogP contribution >= 0.6 is 0 Å². The summed E-state index contributed by atoms with van der Waals surface area (Å²) in [5, 5.41) is 6.81. The molecule has 3 aromatic rings. The molecule has 0 spiro atoms. The second-order valence-corrected chi connectivity index (χ2v) is 6.37. The fourth-order valence-corrected chi connectivity index (χ4v) is 2.85. The Hall–Kier alpha value is -3.42. The van der Waals surface area contributed by atoms with E-state index in [1.54, 1.807) is 36.7 Å². The maximum absolute atomic E-state index is 13.1. The van der Waals surface area contributed by atoms with Gasteiger partial charge in [-0.15, -0.1) is 0 Å². The Balaban J connectivity index is 1.78. The van der Waals surface area contributed by atoms with E-state index in [0.717, 1.165) is 17.8 Å². The highest BCUT2D eigenvalue weighted by molar-refractivity contribution is 6.02. The van der Waals surface area contributed by atoms with Gasteiger partial charge in [0.1, 0.15) is 5.82 Å². The summed E-state index contributed by atoms with van der Waals surface area (Å²) in [6, 6.07) is 10.2. The molecule has 3 rings (SSSR count). The van der Waals surface area contributed by atoms with Crippen LogP contribution in [0.25, 0.3) is 11.8 Å². The minimum atomic E-state index is -4.49. The van der Waals surface area contributed by atoms with Crippen LogP contribution in [0.3, 0.4) is 0 Å². The van der Waals surface area contributed by atoms with Gasteiger partial charge in [0.25, 0.3) is 0 Å². The molecule has 0 radical (unpaired) electrons. The van der Waals surface area contributed by atoms with Crippen molar-refractivity contribution in [2.24, 2.45) is 0 Å². The first-order valence-electron chi connectivity index (χ1n) is 8.63. The number of anilines is 1. The van der Waals surface area contributed by atoms with Crippen LogP contribution in [0, 0.1) is 19.7 Å². The molecule has 0 aliphatic carbocycles. The molecule has 0 fully saturated rings. The van der Waals surface area contributed by atoms with Crippen LogP contribution in [0.15, 0.2) is 54.6 Å². The molecule has 0 saturated carbocycles. The predicted molar refractivity (Wildman–Crippen MR) is 102 cm³/mol. The topological polar surface area (TPSA) is 46.9 Å². The summed E-state index contributed by atoms with van der Waals surface area (Å²) in [7, 11) is 0. The molecule has 0 aliphatic rings. The molecule has 150 valence electrons. The Morgan fingerprint density at radius 1 is 1.10 bits per heavy atom. The van der Waals surface area contributed by atoms with Crippen LogP contribution in [-0.2, 0) is 11.0 Å². The number of alkyl halides is 3. The number of benzene rings is 2. The molecule has 0 saturated heterocycles. The maximum Gasteiger partial charge on any atom is 0.416 e. The van der Waals surface area contributed by atoms with Crippen LogP contribution in [0.2, 0.25) is 0 Å². The van der Waals surface area contributed by atoms with E-state index in [0.29, 0.717) is 16.9 Å². The minimum Gasteiger partial charge on any atom is -0.322 e. The highest BCUT2D eigenvalue weighted by Gasteiger charge is 2.30. The van der Waals surface area contributed by atoms with Crippen molar-refractivity contribution in [2.45, 2.75) is 20.0 Å². The molecule has 0 bridgehead atoms. The molecule has 1 aromatic heterocycles. The number of halogens is 4. The van der Waals surface area contributed by atoms with Gasteiger partial charge in [0, 0.05) is 23.0 Å². The molecule has 1 N–H and O–H groups in total. The zero-order valence-electron chi connectivity index (χ0n) is 15.6. The lowest BCUT2D eigenvalue weighted by atomic mass is 10.1. The first-order valence-corrected chi connectivity index (χ1v) is 8.63. The first-order chi connectivity index (χ1) is 13.6. The molecule has 29 heavy (non-hydrogen) atoms. The van der Waals surface area contributed by atoms with Crippen molar-refractivity contribution in [3.05, 3.63) is 82.9 Å². The molecule has 1 amide bonds. The second kappa shape index (κ2) is 7.90. The predicted octanol–water partition coefficient (Wildman–Crippen LogP) is 5.30. The molecule has 2 aromatic carbocycles. The Bertz CT molecular complexity index is 1070. The van der Waals surface area contributed by atoms with Gasteiger partial charge >= 0.3 is 6.18 Å². The lowest BCUT2D eigenvalue weighted by Crippen LogP contribution is -2.10. The zero-order valence-corrected chi connectivity index (χ0v) is 15.6. The van der Waals surface area contributed by atoms with Gasteiger partial charge < -0.3 is 5.32 Å². The van der Waals surface area contributed by atoms with E-state index in [1.807, 2.05) is 0 Å². The Morgan fingerprint density at radius 2 is 1.79 bits per heavy atom. The van der Waals surface area contributed by atoms with E-state index in [4.69, 9.17) is 0 Å². The average molecular weight is 403 g/mol. The third kappa shape index (κ3) is 4.71. The summed E-state index contributed by atoms with van der Waals surface area (Å²) >= 11 is 0. The average Bonchev–Trinajstić information content (AvgIpc) is 2.94. The van der Waals surface area contributed by atoms with Crippen LogP contribution < -0.4 is 5.32 Å². The number of carbonyl (C=O) groups excluding carboxylic acids is 1. The summed E-state index contributed by atoms with van der Waals surface area (Å²) in [4.78, 5) is 12.1. The van der Waals surface area contributed by atoms with Gasteiger partial charge in [-0.05, 0) is 62.4 Å². The number of nitrogens with one attached hydrogen (secondary N) is 1. The SMILES string of the molecule is Cc1nn(-c2ccc(F)cc2)c(C)c1/C=C/C(=O)Nc1cccc(C(F)(F)F)c1. The molecule has 0 unspecified atom stereocenters. The molecule has 8 heteroatoms. The number of hydrogen-bond acceptors (Lipinski definition) is 2. The van der Waals surface area contributed by atoms with E-state index < -0.39 is 17.6 Å². The third-order valence-corrected chi connectivity index (χ3v) is 4.28. The van der Waals surface area contributed by atoms with E-state index in [-0.39, 0.29) is 11.5 Å². The minimum absolute atomic E-state index is 0.0462.